The number of anilines is 2. The van der Waals surface area contributed by atoms with Gasteiger partial charge in [-0.05, 0) is 72.6 Å². The van der Waals surface area contributed by atoms with Crippen molar-refractivity contribution in [2.45, 2.75) is 17.1 Å². The van der Waals surface area contributed by atoms with Crippen molar-refractivity contribution in [2.75, 3.05) is 10.6 Å². The summed E-state index contributed by atoms with van der Waals surface area (Å²) >= 11 is 15.0. The number of aryl methyl sites for hydroxylation is 1. The monoisotopic (exact) mass is 577 g/mol. The summed E-state index contributed by atoms with van der Waals surface area (Å²) in [6, 6.07) is 27.7. The second kappa shape index (κ2) is 11.6. The number of halogens is 2. The van der Waals surface area contributed by atoms with Gasteiger partial charge in [0.1, 0.15) is 5.25 Å². The minimum absolute atomic E-state index is 0.160. The van der Waals surface area contributed by atoms with Gasteiger partial charge >= 0.3 is 0 Å². The molecule has 0 saturated carbocycles. The van der Waals surface area contributed by atoms with E-state index in [-0.39, 0.29) is 16.8 Å². The van der Waals surface area contributed by atoms with Crippen molar-refractivity contribution in [3.8, 4) is 0 Å². The van der Waals surface area contributed by atoms with Crippen molar-refractivity contribution in [1.82, 2.24) is 4.98 Å². The fraction of sp³-hybridized carbons (Fsp3) is 0.0690. The minimum atomic E-state index is -0.502. The average molecular weight is 579 g/mol. The number of rotatable bonds is 7. The normalized spacial score (nSPS) is 11.8. The first-order valence-electron chi connectivity index (χ1n) is 11.6. The van der Waals surface area contributed by atoms with E-state index in [4.69, 9.17) is 23.2 Å². The predicted octanol–water partition coefficient (Wildman–Crippen LogP) is 8.64. The largest absolute Gasteiger partial charge is 0.322 e. The maximum atomic E-state index is 13.4. The van der Waals surface area contributed by atoms with Crippen LogP contribution in [0.15, 0.2) is 95.9 Å². The Kier molecular flexibility index (Phi) is 8.00. The van der Waals surface area contributed by atoms with E-state index in [9.17, 15) is 9.59 Å². The molecule has 38 heavy (non-hydrogen) atoms. The molecule has 2 N–H and O–H groups in total. The van der Waals surface area contributed by atoms with Gasteiger partial charge in [-0.3, -0.25) is 9.59 Å². The van der Waals surface area contributed by atoms with Gasteiger partial charge in [0.15, 0.2) is 5.13 Å². The molecular formula is C29H21Cl2N3O2S2. The second-order valence-electron chi connectivity index (χ2n) is 8.49. The summed E-state index contributed by atoms with van der Waals surface area (Å²) in [4.78, 5) is 31.5. The van der Waals surface area contributed by atoms with Crippen molar-refractivity contribution < 1.29 is 9.59 Å². The van der Waals surface area contributed by atoms with Crippen LogP contribution in [0.25, 0.3) is 10.2 Å². The van der Waals surface area contributed by atoms with Gasteiger partial charge < -0.3 is 10.6 Å². The van der Waals surface area contributed by atoms with Crippen LogP contribution in [0.5, 0.6) is 0 Å². The number of thioether (sulfide) groups is 1. The Morgan fingerprint density at radius 1 is 0.895 bits per heavy atom. The number of hydrogen-bond donors (Lipinski definition) is 2. The summed E-state index contributed by atoms with van der Waals surface area (Å²) in [5.41, 5.74) is 3.82. The number of nitrogens with one attached hydrogen (secondary N) is 2. The lowest BCUT2D eigenvalue weighted by molar-refractivity contribution is -0.115. The molecule has 0 spiro atoms. The number of fused-ring (bicyclic) bond motifs is 1. The molecule has 0 aliphatic rings. The van der Waals surface area contributed by atoms with E-state index in [0.717, 1.165) is 26.2 Å². The highest BCUT2D eigenvalue weighted by molar-refractivity contribution is 8.00. The van der Waals surface area contributed by atoms with E-state index in [1.807, 2.05) is 61.5 Å². The molecule has 0 bridgehead atoms. The summed E-state index contributed by atoms with van der Waals surface area (Å²) in [6.45, 7) is 2.03. The number of nitrogens with zero attached hydrogens (tertiary/aromatic N) is 1. The summed E-state index contributed by atoms with van der Waals surface area (Å²) < 4.78 is 1.03. The number of carbonyl (C=O) groups excluding carboxylic acids is 2. The van der Waals surface area contributed by atoms with Crippen LogP contribution in [0.1, 0.15) is 26.7 Å². The van der Waals surface area contributed by atoms with Crippen LogP contribution >= 0.6 is 46.3 Å². The Morgan fingerprint density at radius 3 is 2.39 bits per heavy atom. The molecule has 1 aromatic heterocycles. The van der Waals surface area contributed by atoms with Crippen LogP contribution in [-0.2, 0) is 4.79 Å². The van der Waals surface area contributed by atoms with E-state index in [2.05, 4.69) is 21.7 Å². The van der Waals surface area contributed by atoms with Gasteiger partial charge in [0.25, 0.3) is 5.91 Å². The third kappa shape index (κ3) is 6.19. The molecule has 1 heterocycles. The Hall–Kier alpha value is -3.36. The van der Waals surface area contributed by atoms with Crippen LogP contribution in [0.3, 0.4) is 0 Å². The molecule has 5 aromatic rings. The van der Waals surface area contributed by atoms with Crippen LogP contribution in [0, 0.1) is 6.92 Å². The number of aromatic nitrogens is 1. The van der Waals surface area contributed by atoms with Crippen LogP contribution in [0.4, 0.5) is 10.8 Å². The summed E-state index contributed by atoms with van der Waals surface area (Å²) in [7, 11) is 0. The number of thiazole rings is 1. The number of amides is 2. The predicted molar refractivity (Wildman–Crippen MR) is 159 cm³/mol. The Bertz CT molecular complexity index is 1620. The van der Waals surface area contributed by atoms with Crippen molar-refractivity contribution in [3.63, 3.8) is 0 Å². The highest BCUT2D eigenvalue weighted by Gasteiger charge is 2.23. The quantitative estimate of drug-likeness (QED) is 0.190. The number of hydrogen-bond acceptors (Lipinski definition) is 5. The van der Waals surface area contributed by atoms with Crippen LogP contribution in [0.2, 0.25) is 10.0 Å². The fourth-order valence-electron chi connectivity index (χ4n) is 3.78. The first kappa shape index (κ1) is 26.3. The van der Waals surface area contributed by atoms with Crippen molar-refractivity contribution in [3.05, 3.63) is 118 Å². The fourth-order valence-corrected chi connectivity index (χ4v) is 6.27. The first-order valence-corrected chi connectivity index (χ1v) is 14.1. The van der Waals surface area contributed by atoms with Crippen molar-refractivity contribution in [1.29, 1.82) is 0 Å². The van der Waals surface area contributed by atoms with Crippen molar-refractivity contribution in [2.24, 2.45) is 0 Å². The van der Waals surface area contributed by atoms with Crippen molar-refractivity contribution >= 4 is 79.2 Å². The van der Waals surface area contributed by atoms with E-state index in [0.29, 0.717) is 21.4 Å². The van der Waals surface area contributed by atoms with Gasteiger partial charge in [-0.1, -0.05) is 70.9 Å². The Morgan fingerprint density at radius 2 is 1.66 bits per heavy atom. The SMILES string of the molecule is Cc1ccc2nc(NC(=O)C(Sc3ccc(NC(=O)c4ccc(Cl)cc4Cl)cc3)c3ccccc3)sc2c1. The summed E-state index contributed by atoms with van der Waals surface area (Å²) in [5.74, 6) is -0.494. The zero-order chi connectivity index (χ0) is 26.6. The first-order chi connectivity index (χ1) is 18.4. The Balaban J connectivity index is 1.32. The second-order valence-corrected chi connectivity index (χ2v) is 11.5. The van der Waals surface area contributed by atoms with Crippen LogP contribution < -0.4 is 10.6 Å². The number of benzene rings is 4. The molecule has 5 rings (SSSR count). The molecule has 2 amide bonds. The molecular weight excluding hydrogens is 557 g/mol. The molecule has 4 aromatic carbocycles. The maximum absolute atomic E-state index is 13.4. The molecule has 0 fully saturated rings. The zero-order valence-corrected chi connectivity index (χ0v) is 23.2. The third-order valence-electron chi connectivity index (χ3n) is 5.66. The van der Waals surface area contributed by atoms with Gasteiger partial charge in [0.05, 0.1) is 20.8 Å². The average Bonchev–Trinajstić information content (AvgIpc) is 3.29. The highest BCUT2D eigenvalue weighted by atomic mass is 35.5. The molecule has 9 heteroatoms. The molecule has 190 valence electrons. The molecule has 0 aliphatic heterocycles. The lowest BCUT2D eigenvalue weighted by Crippen LogP contribution is -2.18. The van der Waals surface area contributed by atoms with Gasteiger partial charge in [-0.15, -0.1) is 11.8 Å². The topological polar surface area (TPSA) is 71.1 Å². The summed E-state index contributed by atoms with van der Waals surface area (Å²) in [6.07, 6.45) is 0. The van der Waals surface area contributed by atoms with Gasteiger partial charge in [0, 0.05) is 15.6 Å². The molecule has 1 atom stereocenters. The van der Waals surface area contributed by atoms with E-state index in [1.165, 1.54) is 29.2 Å². The molecule has 0 radical (unpaired) electrons. The molecule has 1 unspecified atom stereocenters. The molecule has 0 saturated heterocycles. The summed E-state index contributed by atoms with van der Waals surface area (Å²) in [5, 5.41) is 6.65. The lowest BCUT2D eigenvalue weighted by Gasteiger charge is -2.16. The van der Waals surface area contributed by atoms with E-state index in [1.54, 1.807) is 24.3 Å². The van der Waals surface area contributed by atoms with Gasteiger partial charge in [-0.2, -0.15) is 0 Å². The van der Waals surface area contributed by atoms with Gasteiger partial charge in [0.2, 0.25) is 5.91 Å². The minimum Gasteiger partial charge on any atom is -0.322 e. The number of carbonyl (C=O) groups is 2. The smallest absolute Gasteiger partial charge is 0.257 e. The lowest BCUT2D eigenvalue weighted by atomic mass is 10.1. The highest BCUT2D eigenvalue weighted by Crippen LogP contribution is 2.37. The van der Waals surface area contributed by atoms with E-state index >= 15 is 0 Å². The molecule has 0 aliphatic carbocycles. The van der Waals surface area contributed by atoms with E-state index < -0.39 is 5.25 Å². The molecule has 5 nitrogen and oxygen atoms in total. The maximum Gasteiger partial charge on any atom is 0.257 e. The standard InChI is InChI=1S/C29H21Cl2N3O2S2/c1-17-7-14-24-25(15-17)38-29(33-24)34-28(36)26(18-5-3-2-4-6-18)37-21-11-9-20(10-12-21)32-27(35)22-13-8-19(30)16-23(22)31/h2-16,26H,1H3,(H,32,35)(H,33,34,36). The Labute approximate surface area is 238 Å². The third-order valence-corrected chi connectivity index (χ3v) is 8.40. The van der Waals surface area contributed by atoms with Gasteiger partial charge in [-0.25, -0.2) is 4.98 Å². The van der Waals surface area contributed by atoms with Crippen LogP contribution in [-0.4, -0.2) is 16.8 Å². The zero-order valence-electron chi connectivity index (χ0n) is 20.1.